The molecule has 5 rings (SSSR count). The number of nitrogens with zero attached hydrogens (tertiary/aromatic N) is 1. The molecule has 0 aliphatic rings. The van der Waals surface area contributed by atoms with Gasteiger partial charge >= 0.3 is 5.63 Å². The van der Waals surface area contributed by atoms with Gasteiger partial charge in [-0.15, -0.1) is 0 Å². The third kappa shape index (κ3) is 3.31. The van der Waals surface area contributed by atoms with Gasteiger partial charge in [-0.05, 0) is 49.2 Å². The Hall–Kier alpha value is -3.64. The van der Waals surface area contributed by atoms with Crippen molar-refractivity contribution in [3.63, 3.8) is 0 Å². The van der Waals surface area contributed by atoms with E-state index in [-0.39, 0.29) is 0 Å². The second-order valence-electron chi connectivity index (χ2n) is 7.38. The van der Waals surface area contributed by atoms with Crippen LogP contribution in [-0.2, 0) is 13.1 Å². The lowest BCUT2D eigenvalue weighted by molar-refractivity contribution is 0.483. The maximum atomic E-state index is 12.2. The van der Waals surface area contributed by atoms with E-state index in [1.165, 1.54) is 6.07 Å². The molecule has 1 N–H and O–H groups in total. The van der Waals surface area contributed by atoms with Crippen LogP contribution in [0.2, 0.25) is 0 Å². The van der Waals surface area contributed by atoms with Crippen molar-refractivity contribution in [1.82, 2.24) is 10.3 Å². The molecule has 0 aliphatic heterocycles. The number of fused-ring (bicyclic) bond motifs is 2. The highest BCUT2D eigenvalue weighted by molar-refractivity contribution is 5.95. The summed E-state index contributed by atoms with van der Waals surface area (Å²) in [5.74, 6) is 1.49. The Morgan fingerprint density at radius 3 is 2.73 bits per heavy atom. The van der Waals surface area contributed by atoms with Crippen molar-refractivity contribution in [3.8, 4) is 11.3 Å². The Labute approximate surface area is 172 Å². The normalized spacial score (nSPS) is 11.5. The largest absolute Gasteiger partial charge is 0.468 e. The molecule has 0 bridgehead atoms. The van der Waals surface area contributed by atoms with E-state index in [9.17, 15) is 4.79 Å². The van der Waals surface area contributed by atoms with Gasteiger partial charge in [0.25, 0.3) is 0 Å². The summed E-state index contributed by atoms with van der Waals surface area (Å²) in [7, 11) is 0. The molecule has 4 heterocycles. The molecule has 0 saturated heterocycles. The van der Waals surface area contributed by atoms with Crippen molar-refractivity contribution in [2.24, 2.45) is 0 Å². The van der Waals surface area contributed by atoms with Crippen molar-refractivity contribution in [3.05, 3.63) is 87.9 Å². The fraction of sp³-hybridized carbons (Fsp3) is 0.167. The Morgan fingerprint density at radius 2 is 1.90 bits per heavy atom. The highest BCUT2D eigenvalue weighted by Gasteiger charge is 2.16. The average Bonchev–Trinajstić information content (AvgIpc) is 3.39. The van der Waals surface area contributed by atoms with Crippen LogP contribution in [0, 0.1) is 13.8 Å². The van der Waals surface area contributed by atoms with Crippen molar-refractivity contribution in [2.45, 2.75) is 26.9 Å². The van der Waals surface area contributed by atoms with Gasteiger partial charge in [-0.2, -0.15) is 0 Å². The van der Waals surface area contributed by atoms with Crippen molar-refractivity contribution in [1.29, 1.82) is 0 Å². The minimum atomic E-state index is -0.404. The van der Waals surface area contributed by atoms with Crippen molar-refractivity contribution in [2.75, 3.05) is 0 Å². The SMILES string of the molecule is Cc1ccc2c(-c3cc4c(CNCc5ccco5)cnc(C)c4o3)cc(=O)oc2c1. The standard InChI is InChI=1S/C24H20N2O4/c1-14-5-6-18-20(10-23(27)29-21(18)8-14)22-9-19-16(12-26-15(2)24(19)30-22)11-25-13-17-4-3-7-28-17/h3-10,12,25H,11,13H2,1-2H3. The molecule has 1 aromatic carbocycles. The summed E-state index contributed by atoms with van der Waals surface area (Å²) in [6.45, 7) is 5.11. The fourth-order valence-electron chi connectivity index (χ4n) is 3.68. The van der Waals surface area contributed by atoms with Crippen LogP contribution < -0.4 is 10.9 Å². The molecule has 5 aromatic rings. The van der Waals surface area contributed by atoms with E-state index in [1.54, 1.807) is 6.26 Å². The molecule has 0 saturated carbocycles. The molecule has 0 amide bonds. The molecule has 0 atom stereocenters. The first-order valence-corrected chi connectivity index (χ1v) is 9.74. The lowest BCUT2D eigenvalue weighted by Gasteiger charge is -2.05. The Bertz CT molecular complexity index is 1410. The van der Waals surface area contributed by atoms with Crippen molar-refractivity contribution < 1.29 is 13.3 Å². The molecular formula is C24H20N2O4. The van der Waals surface area contributed by atoms with Crippen LogP contribution in [-0.4, -0.2) is 4.98 Å². The van der Waals surface area contributed by atoms with E-state index >= 15 is 0 Å². The number of aromatic nitrogens is 1. The van der Waals surface area contributed by atoms with Crippen LogP contribution in [0.25, 0.3) is 33.3 Å². The van der Waals surface area contributed by atoms with Crippen molar-refractivity contribution >= 4 is 21.9 Å². The zero-order valence-electron chi connectivity index (χ0n) is 16.7. The summed E-state index contributed by atoms with van der Waals surface area (Å²) in [6.07, 6.45) is 3.51. The molecule has 0 aliphatic carbocycles. The van der Waals surface area contributed by atoms with Gasteiger partial charge in [0.2, 0.25) is 0 Å². The minimum Gasteiger partial charge on any atom is -0.468 e. The molecule has 0 radical (unpaired) electrons. The topological polar surface area (TPSA) is 81.4 Å². The third-order valence-electron chi connectivity index (χ3n) is 5.18. The van der Waals surface area contributed by atoms with E-state index in [0.717, 1.165) is 38.9 Å². The maximum Gasteiger partial charge on any atom is 0.336 e. The van der Waals surface area contributed by atoms with E-state index in [2.05, 4.69) is 10.3 Å². The molecule has 150 valence electrons. The lowest BCUT2D eigenvalue weighted by Crippen LogP contribution is -2.12. The van der Waals surface area contributed by atoms with E-state index < -0.39 is 5.63 Å². The molecule has 6 nitrogen and oxygen atoms in total. The zero-order chi connectivity index (χ0) is 20.7. The predicted molar refractivity (Wildman–Crippen MR) is 114 cm³/mol. The zero-order valence-corrected chi connectivity index (χ0v) is 16.7. The van der Waals surface area contributed by atoms with Crippen LogP contribution in [0.3, 0.4) is 0 Å². The Balaban J connectivity index is 1.57. The second kappa shape index (κ2) is 7.31. The predicted octanol–water partition coefficient (Wildman–Crippen LogP) is 5.10. The number of nitrogens with one attached hydrogen (secondary N) is 1. The average molecular weight is 400 g/mol. The maximum absolute atomic E-state index is 12.2. The van der Waals surface area contributed by atoms with Gasteiger partial charge in [0.1, 0.15) is 17.1 Å². The van der Waals surface area contributed by atoms with Crippen LogP contribution in [0.4, 0.5) is 0 Å². The van der Waals surface area contributed by atoms with Gasteiger partial charge < -0.3 is 18.6 Å². The molecule has 6 heteroatoms. The van der Waals surface area contributed by atoms with Crippen LogP contribution >= 0.6 is 0 Å². The van der Waals surface area contributed by atoms with Gasteiger partial charge in [-0.25, -0.2) is 4.79 Å². The van der Waals surface area contributed by atoms with E-state index in [1.807, 2.05) is 56.4 Å². The first-order chi connectivity index (χ1) is 14.6. The van der Waals surface area contributed by atoms with E-state index in [0.29, 0.717) is 30.0 Å². The smallest absolute Gasteiger partial charge is 0.336 e. The van der Waals surface area contributed by atoms with Crippen LogP contribution in [0.5, 0.6) is 0 Å². The first kappa shape index (κ1) is 18.4. The number of rotatable bonds is 5. The summed E-state index contributed by atoms with van der Waals surface area (Å²) in [5.41, 5.74) is 4.42. The fourth-order valence-corrected chi connectivity index (χ4v) is 3.68. The molecule has 4 aromatic heterocycles. The summed E-state index contributed by atoms with van der Waals surface area (Å²) in [6, 6.07) is 13.1. The monoisotopic (exact) mass is 400 g/mol. The minimum absolute atomic E-state index is 0.404. The number of pyridine rings is 1. The molecule has 0 fully saturated rings. The van der Waals surface area contributed by atoms with Gasteiger partial charge in [0.05, 0.1) is 18.5 Å². The van der Waals surface area contributed by atoms with Gasteiger partial charge in [-0.1, -0.05) is 12.1 Å². The molecule has 0 unspecified atom stereocenters. The summed E-state index contributed by atoms with van der Waals surface area (Å²) >= 11 is 0. The summed E-state index contributed by atoms with van der Waals surface area (Å²) in [5, 5.41) is 5.18. The number of hydrogen-bond donors (Lipinski definition) is 1. The molecule has 0 spiro atoms. The summed E-state index contributed by atoms with van der Waals surface area (Å²) in [4.78, 5) is 16.6. The number of hydrogen-bond acceptors (Lipinski definition) is 6. The summed E-state index contributed by atoms with van der Waals surface area (Å²) < 4.78 is 16.9. The molecule has 30 heavy (non-hydrogen) atoms. The second-order valence-corrected chi connectivity index (χ2v) is 7.38. The lowest BCUT2D eigenvalue weighted by atomic mass is 10.1. The van der Waals surface area contributed by atoms with Crippen LogP contribution in [0.1, 0.15) is 22.6 Å². The first-order valence-electron chi connectivity index (χ1n) is 9.74. The highest BCUT2D eigenvalue weighted by Crippen LogP contribution is 2.34. The van der Waals surface area contributed by atoms with E-state index in [4.69, 9.17) is 13.3 Å². The van der Waals surface area contributed by atoms with Gasteiger partial charge in [-0.3, -0.25) is 4.98 Å². The number of furan rings is 2. The number of benzene rings is 1. The van der Waals surface area contributed by atoms with Gasteiger partial charge in [0.15, 0.2) is 5.58 Å². The third-order valence-corrected chi connectivity index (χ3v) is 5.18. The van der Waals surface area contributed by atoms with Gasteiger partial charge in [0, 0.05) is 35.1 Å². The molecular weight excluding hydrogens is 380 g/mol. The number of aryl methyl sites for hydroxylation is 2. The van der Waals surface area contributed by atoms with Crippen LogP contribution in [0.15, 0.2) is 73.0 Å². The Kier molecular flexibility index (Phi) is 4.48. The highest BCUT2D eigenvalue weighted by atomic mass is 16.4. The Morgan fingerprint density at radius 1 is 1.00 bits per heavy atom. The quantitative estimate of drug-likeness (QED) is 0.413.